The van der Waals surface area contributed by atoms with Crippen LogP contribution in [0.25, 0.3) is 0 Å². The van der Waals surface area contributed by atoms with Crippen molar-refractivity contribution in [2.24, 2.45) is 4.99 Å². The van der Waals surface area contributed by atoms with Crippen molar-refractivity contribution in [2.75, 3.05) is 14.2 Å². The number of ether oxygens (including phenoxy) is 2. The van der Waals surface area contributed by atoms with Crippen LogP contribution in [0.1, 0.15) is 65.6 Å². The highest BCUT2D eigenvalue weighted by molar-refractivity contribution is 6.15. The summed E-state index contributed by atoms with van der Waals surface area (Å²) in [5.41, 5.74) is 5.03. The molecule has 0 aromatic heterocycles. The molecule has 4 rings (SSSR count). The maximum Gasteiger partial charge on any atom is 0.161 e. The van der Waals surface area contributed by atoms with Gasteiger partial charge in [0.15, 0.2) is 17.3 Å². The summed E-state index contributed by atoms with van der Waals surface area (Å²) in [4.78, 5) is 17.0. The fourth-order valence-electron chi connectivity index (χ4n) is 4.39. The molecule has 0 bridgehead atoms. The first-order valence-electron chi connectivity index (χ1n) is 9.58. The van der Waals surface area contributed by atoms with Crippen molar-refractivity contribution in [3.8, 4) is 11.5 Å². The van der Waals surface area contributed by atoms with Gasteiger partial charge >= 0.3 is 0 Å². The van der Waals surface area contributed by atoms with Crippen LogP contribution in [-0.2, 0) is 0 Å². The average molecular weight is 363 g/mol. The van der Waals surface area contributed by atoms with Crippen LogP contribution in [0.15, 0.2) is 41.4 Å². The minimum absolute atomic E-state index is 0.0661. The molecule has 27 heavy (non-hydrogen) atoms. The molecule has 4 heteroatoms. The molecule has 0 amide bonds. The molecule has 1 heterocycles. The van der Waals surface area contributed by atoms with E-state index in [1.165, 1.54) is 18.4 Å². The molecule has 140 valence electrons. The summed E-state index contributed by atoms with van der Waals surface area (Å²) < 4.78 is 11.1. The van der Waals surface area contributed by atoms with E-state index in [0.717, 1.165) is 35.4 Å². The quantitative estimate of drug-likeness (QED) is 0.734. The normalized spacial score (nSPS) is 20.9. The van der Waals surface area contributed by atoms with E-state index in [4.69, 9.17) is 14.5 Å². The number of ketones is 1. The van der Waals surface area contributed by atoms with Crippen LogP contribution in [0.4, 0.5) is 0 Å². The lowest BCUT2D eigenvalue weighted by molar-refractivity contribution is 0.101. The van der Waals surface area contributed by atoms with Gasteiger partial charge in [-0.25, -0.2) is 0 Å². The Morgan fingerprint density at radius 1 is 1.04 bits per heavy atom. The Hall–Kier alpha value is -2.62. The number of methoxy groups -OCH3 is 2. The predicted molar refractivity (Wildman–Crippen MR) is 107 cm³/mol. The largest absolute Gasteiger partial charge is 0.493 e. The van der Waals surface area contributed by atoms with E-state index in [1.54, 1.807) is 21.1 Å². The fraction of sp³-hybridized carbons (Fsp3) is 0.391. The first kappa shape index (κ1) is 17.8. The molecule has 1 aliphatic carbocycles. The van der Waals surface area contributed by atoms with Gasteiger partial charge in [0.2, 0.25) is 0 Å². The van der Waals surface area contributed by atoms with E-state index < -0.39 is 0 Å². The number of rotatable bonds is 4. The number of fused-ring (bicyclic) bond motifs is 3. The van der Waals surface area contributed by atoms with Crippen molar-refractivity contribution >= 4 is 11.5 Å². The van der Waals surface area contributed by atoms with Crippen LogP contribution in [-0.4, -0.2) is 31.8 Å². The van der Waals surface area contributed by atoms with Gasteiger partial charge in [-0.1, -0.05) is 31.0 Å². The number of aliphatic imine (C=N–C) groups is 1. The van der Waals surface area contributed by atoms with Crippen molar-refractivity contribution < 1.29 is 14.3 Å². The van der Waals surface area contributed by atoms with Gasteiger partial charge in [-0.05, 0) is 43.5 Å². The zero-order valence-electron chi connectivity index (χ0n) is 16.1. The Balaban J connectivity index is 1.91. The Bertz CT molecular complexity index is 916. The van der Waals surface area contributed by atoms with E-state index in [1.807, 2.05) is 30.3 Å². The number of benzene rings is 2. The number of hydrogen-bond donors (Lipinski definition) is 0. The van der Waals surface area contributed by atoms with Crippen LogP contribution in [0.5, 0.6) is 11.5 Å². The van der Waals surface area contributed by atoms with Gasteiger partial charge in [-0.15, -0.1) is 0 Å². The first-order chi connectivity index (χ1) is 13.1. The molecule has 2 aromatic carbocycles. The van der Waals surface area contributed by atoms with Gasteiger partial charge < -0.3 is 9.47 Å². The van der Waals surface area contributed by atoms with Crippen LogP contribution < -0.4 is 9.47 Å². The molecular formula is C23H25NO3. The molecule has 2 aliphatic rings. The van der Waals surface area contributed by atoms with Crippen LogP contribution in [0, 0.1) is 0 Å². The highest BCUT2D eigenvalue weighted by Crippen LogP contribution is 2.44. The summed E-state index contributed by atoms with van der Waals surface area (Å²) >= 11 is 0. The fourth-order valence-corrected chi connectivity index (χ4v) is 4.39. The highest BCUT2D eigenvalue weighted by Gasteiger charge is 2.34. The van der Waals surface area contributed by atoms with Crippen molar-refractivity contribution in [1.82, 2.24) is 0 Å². The van der Waals surface area contributed by atoms with Crippen molar-refractivity contribution in [2.45, 2.75) is 44.6 Å². The molecule has 1 saturated carbocycles. The van der Waals surface area contributed by atoms with Crippen molar-refractivity contribution in [1.29, 1.82) is 0 Å². The molecule has 0 spiro atoms. The molecule has 0 N–H and O–H groups in total. The van der Waals surface area contributed by atoms with Crippen LogP contribution in [0.2, 0.25) is 0 Å². The third kappa shape index (κ3) is 3.14. The summed E-state index contributed by atoms with van der Waals surface area (Å²) in [6.45, 7) is 1.60. The Kier molecular flexibility index (Phi) is 4.73. The monoisotopic (exact) mass is 363 g/mol. The van der Waals surface area contributed by atoms with Gasteiger partial charge in [0, 0.05) is 22.6 Å². The molecular weight excluding hydrogens is 338 g/mol. The lowest BCUT2D eigenvalue weighted by atomic mass is 9.75. The molecule has 4 nitrogen and oxygen atoms in total. The van der Waals surface area contributed by atoms with Gasteiger partial charge in [0.25, 0.3) is 0 Å². The summed E-state index contributed by atoms with van der Waals surface area (Å²) in [5, 5.41) is 0. The maximum atomic E-state index is 11.9. The van der Waals surface area contributed by atoms with E-state index in [9.17, 15) is 4.79 Å². The average Bonchev–Trinajstić information content (AvgIpc) is 2.72. The Labute approximate surface area is 160 Å². The van der Waals surface area contributed by atoms with E-state index in [2.05, 4.69) is 6.07 Å². The summed E-state index contributed by atoms with van der Waals surface area (Å²) in [6.07, 6.45) is 4.71. The number of carbonyl (C=O) groups excluding carboxylic acids is 1. The SMILES string of the molecule is COc1cc2c(cc1OC)C1CCCCC1N=C2c1cccc(C(C)=O)c1. The second-order valence-corrected chi connectivity index (χ2v) is 7.37. The summed E-state index contributed by atoms with van der Waals surface area (Å²) in [6, 6.07) is 12.2. The zero-order chi connectivity index (χ0) is 19.0. The molecule has 1 aliphatic heterocycles. The summed E-state index contributed by atoms with van der Waals surface area (Å²) in [5.74, 6) is 1.96. The van der Waals surface area contributed by atoms with Crippen molar-refractivity contribution in [3.05, 3.63) is 58.7 Å². The number of carbonyl (C=O) groups is 1. The minimum Gasteiger partial charge on any atom is -0.493 e. The first-order valence-corrected chi connectivity index (χ1v) is 9.58. The second kappa shape index (κ2) is 7.18. The third-order valence-corrected chi connectivity index (χ3v) is 5.78. The molecule has 0 radical (unpaired) electrons. The molecule has 2 aromatic rings. The molecule has 2 unspecified atom stereocenters. The van der Waals surface area contributed by atoms with Gasteiger partial charge in [0.05, 0.1) is 26.0 Å². The van der Waals surface area contributed by atoms with Crippen LogP contribution >= 0.6 is 0 Å². The topological polar surface area (TPSA) is 47.9 Å². The van der Waals surface area contributed by atoms with E-state index >= 15 is 0 Å². The van der Waals surface area contributed by atoms with Crippen molar-refractivity contribution in [3.63, 3.8) is 0 Å². The van der Waals surface area contributed by atoms with Gasteiger partial charge in [-0.2, -0.15) is 0 Å². The highest BCUT2D eigenvalue weighted by atomic mass is 16.5. The number of hydrogen-bond acceptors (Lipinski definition) is 4. The zero-order valence-corrected chi connectivity index (χ0v) is 16.1. The van der Waals surface area contributed by atoms with E-state index in [-0.39, 0.29) is 5.78 Å². The lowest BCUT2D eigenvalue weighted by Crippen LogP contribution is -2.29. The second-order valence-electron chi connectivity index (χ2n) is 7.37. The third-order valence-electron chi connectivity index (χ3n) is 5.78. The molecule has 0 saturated heterocycles. The smallest absolute Gasteiger partial charge is 0.161 e. The molecule has 1 fully saturated rings. The standard InChI is InChI=1S/C23H25NO3/c1-14(25)15-7-6-8-16(11-15)23-19-13-22(27-3)21(26-2)12-18(19)17-9-4-5-10-20(17)24-23/h6-8,11-13,17,20H,4-5,9-10H2,1-3H3. The number of Topliss-reactive ketones (excluding diaryl/α,β-unsaturated/α-hetero) is 1. The molecule has 2 atom stereocenters. The van der Waals surface area contributed by atoms with Gasteiger partial charge in [-0.3, -0.25) is 9.79 Å². The Morgan fingerprint density at radius 3 is 2.52 bits per heavy atom. The van der Waals surface area contributed by atoms with Crippen LogP contribution in [0.3, 0.4) is 0 Å². The lowest BCUT2D eigenvalue weighted by Gasteiger charge is -2.35. The Morgan fingerprint density at radius 2 is 1.78 bits per heavy atom. The van der Waals surface area contributed by atoms with Gasteiger partial charge in [0.1, 0.15) is 0 Å². The predicted octanol–water partition coefficient (Wildman–Crippen LogP) is 4.78. The summed E-state index contributed by atoms with van der Waals surface area (Å²) in [7, 11) is 3.33. The minimum atomic E-state index is 0.0661. The number of nitrogens with zero attached hydrogens (tertiary/aromatic N) is 1. The maximum absolute atomic E-state index is 11.9. The van der Waals surface area contributed by atoms with E-state index in [0.29, 0.717) is 23.3 Å².